The molecule has 1 saturated carbocycles. The van der Waals surface area contributed by atoms with Crippen molar-refractivity contribution >= 4 is 24.1 Å². The van der Waals surface area contributed by atoms with Crippen LogP contribution in [0.5, 0.6) is 0 Å². The molecule has 1 aromatic carbocycles. The molecule has 3 aliphatic heterocycles. The molecule has 1 aliphatic carbocycles. The van der Waals surface area contributed by atoms with Crippen LogP contribution in [0.1, 0.15) is 18.2 Å². The number of ether oxygens (including phenoxy) is 1. The summed E-state index contributed by atoms with van der Waals surface area (Å²) < 4.78 is 5.47. The Bertz CT molecular complexity index is 1240. The standard InChI is InChI=1S/C25H23N5O4/c1-14(32)27-9-22-21-7-17-6-15(2-4-20(17)30(21)24(33)34-22)16-3-5-23(28-8-16)25(12-26)18-10-29(13-31)11-19(18)25/h2-6,8,13,18-19,21-22H,7,9-11H2,1H3,(H,27,32)/t18-,19+,21-,22-,25+/m0/s1. The number of cyclic esters (lactones) is 1. The van der Waals surface area contributed by atoms with E-state index in [1.54, 1.807) is 16.0 Å². The van der Waals surface area contributed by atoms with E-state index in [0.717, 1.165) is 34.5 Å². The van der Waals surface area contributed by atoms with Gasteiger partial charge in [-0.2, -0.15) is 5.26 Å². The van der Waals surface area contributed by atoms with Crippen molar-refractivity contribution in [3.63, 3.8) is 0 Å². The molecule has 0 unspecified atom stereocenters. The van der Waals surface area contributed by atoms with Crippen molar-refractivity contribution in [3.05, 3.63) is 47.8 Å². The molecule has 2 saturated heterocycles. The summed E-state index contributed by atoms with van der Waals surface area (Å²) in [6, 6.07) is 12.2. The van der Waals surface area contributed by atoms with Crippen molar-refractivity contribution in [2.24, 2.45) is 11.8 Å². The van der Waals surface area contributed by atoms with Crippen LogP contribution in [0.4, 0.5) is 10.5 Å². The zero-order chi connectivity index (χ0) is 23.6. The maximum atomic E-state index is 12.4. The van der Waals surface area contributed by atoms with Crippen LogP contribution in [0.25, 0.3) is 11.1 Å². The van der Waals surface area contributed by atoms with Crippen LogP contribution in [0.15, 0.2) is 36.5 Å². The van der Waals surface area contributed by atoms with E-state index in [1.165, 1.54) is 6.92 Å². The largest absolute Gasteiger partial charge is 0.442 e. The average Bonchev–Trinajstić information content (AvgIpc) is 3.20. The lowest BCUT2D eigenvalue weighted by molar-refractivity contribution is -0.119. The summed E-state index contributed by atoms with van der Waals surface area (Å²) in [5.41, 5.74) is 3.98. The number of nitrogens with one attached hydrogen (secondary N) is 1. The quantitative estimate of drug-likeness (QED) is 0.682. The number of pyridine rings is 1. The minimum absolute atomic E-state index is 0.138. The van der Waals surface area contributed by atoms with Crippen LogP contribution < -0.4 is 10.2 Å². The van der Waals surface area contributed by atoms with Gasteiger partial charge in [-0.15, -0.1) is 0 Å². The van der Waals surface area contributed by atoms with Gasteiger partial charge in [0.25, 0.3) is 0 Å². The number of carbonyl (C=O) groups is 3. The Labute approximate surface area is 196 Å². The van der Waals surface area contributed by atoms with Gasteiger partial charge in [0.05, 0.1) is 30.0 Å². The molecule has 0 radical (unpaired) electrons. The van der Waals surface area contributed by atoms with Crippen LogP contribution in [0.2, 0.25) is 0 Å². The fourth-order valence-corrected chi connectivity index (χ4v) is 6.04. The van der Waals surface area contributed by atoms with Gasteiger partial charge in [0, 0.05) is 43.6 Å². The SMILES string of the molecule is CC(=O)NC[C@@H]1OC(=O)N2c3ccc(-c4ccc([C@@]5(C#N)[C@@H]6CN(C=O)C[C@@H]65)nc4)cc3C[C@@H]12. The lowest BCUT2D eigenvalue weighted by Gasteiger charge is -2.18. The number of nitrogens with zero attached hydrogens (tertiary/aromatic N) is 4. The predicted octanol–water partition coefficient (Wildman–Crippen LogP) is 1.61. The zero-order valence-corrected chi connectivity index (χ0v) is 18.6. The molecule has 3 amide bonds. The molecule has 6 rings (SSSR count). The number of amides is 3. The summed E-state index contributed by atoms with van der Waals surface area (Å²) in [5.74, 6) is 0.150. The number of likely N-dealkylation sites (tertiary alicyclic amines) is 1. The zero-order valence-electron chi connectivity index (χ0n) is 18.6. The number of aromatic nitrogens is 1. The summed E-state index contributed by atoms with van der Waals surface area (Å²) >= 11 is 0. The predicted molar refractivity (Wildman–Crippen MR) is 121 cm³/mol. The Morgan fingerprint density at radius 2 is 2.06 bits per heavy atom. The fourth-order valence-electron chi connectivity index (χ4n) is 6.04. The molecule has 1 N–H and O–H groups in total. The fraction of sp³-hybridized carbons (Fsp3) is 0.400. The first-order valence-electron chi connectivity index (χ1n) is 11.4. The molecular formula is C25H23N5O4. The highest BCUT2D eigenvalue weighted by Gasteiger charge is 2.70. The van der Waals surface area contributed by atoms with Crippen LogP contribution in [0.3, 0.4) is 0 Å². The van der Waals surface area contributed by atoms with Gasteiger partial charge in [-0.3, -0.25) is 19.5 Å². The Morgan fingerprint density at radius 3 is 2.71 bits per heavy atom. The number of benzene rings is 1. The van der Waals surface area contributed by atoms with Crippen molar-refractivity contribution in [2.75, 3.05) is 24.5 Å². The molecule has 9 heteroatoms. The maximum Gasteiger partial charge on any atom is 0.415 e. The highest BCUT2D eigenvalue weighted by molar-refractivity contribution is 5.94. The van der Waals surface area contributed by atoms with Crippen molar-refractivity contribution in [1.29, 1.82) is 5.26 Å². The molecule has 2 aromatic rings. The number of fused-ring (bicyclic) bond motifs is 4. The van der Waals surface area contributed by atoms with E-state index in [1.807, 2.05) is 24.3 Å². The number of piperidine rings is 1. The van der Waals surface area contributed by atoms with Gasteiger partial charge in [0.15, 0.2) is 0 Å². The molecule has 9 nitrogen and oxygen atoms in total. The van der Waals surface area contributed by atoms with E-state index < -0.39 is 5.41 Å². The smallest absolute Gasteiger partial charge is 0.415 e. The second-order valence-electron chi connectivity index (χ2n) is 9.53. The van der Waals surface area contributed by atoms with Crippen LogP contribution in [-0.4, -0.2) is 60.1 Å². The Kier molecular flexibility index (Phi) is 4.43. The summed E-state index contributed by atoms with van der Waals surface area (Å²) in [6.45, 7) is 2.96. The van der Waals surface area contributed by atoms with E-state index in [-0.39, 0.29) is 36.0 Å². The number of nitriles is 1. The van der Waals surface area contributed by atoms with Crippen molar-refractivity contribution in [3.8, 4) is 17.2 Å². The Hall–Kier alpha value is -3.93. The molecule has 172 valence electrons. The van der Waals surface area contributed by atoms with Gasteiger partial charge in [-0.05, 0) is 35.7 Å². The number of hydrogen-bond acceptors (Lipinski definition) is 6. The molecule has 1 aromatic heterocycles. The topological polar surface area (TPSA) is 116 Å². The van der Waals surface area contributed by atoms with E-state index >= 15 is 0 Å². The average molecular weight is 457 g/mol. The maximum absolute atomic E-state index is 12.4. The molecule has 0 spiro atoms. The number of rotatable bonds is 5. The molecule has 5 atom stereocenters. The summed E-state index contributed by atoms with van der Waals surface area (Å²) in [7, 11) is 0. The third-order valence-electron chi connectivity index (χ3n) is 7.79. The van der Waals surface area contributed by atoms with Gasteiger partial charge in [-0.25, -0.2) is 4.79 Å². The van der Waals surface area contributed by atoms with E-state index in [4.69, 9.17) is 4.74 Å². The van der Waals surface area contributed by atoms with Gasteiger partial charge < -0.3 is 15.0 Å². The van der Waals surface area contributed by atoms with E-state index in [2.05, 4.69) is 22.4 Å². The lowest BCUT2D eigenvalue weighted by Crippen LogP contribution is -2.40. The highest BCUT2D eigenvalue weighted by Crippen LogP contribution is 2.62. The van der Waals surface area contributed by atoms with Crippen molar-refractivity contribution in [1.82, 2.24) is 15.2 Å². The summed E-state index contributed by atoms with van der Waals surface area (Å²) in [4.78, 5) is 42.8. The van der Waals surface area contributed by atoms with Crippen molar-refractivity contribution < 1.29 is 19.1 Å². The monoisotopic (exact) mass is 457 g/mol. The summed E-state index contributed by atoms with van der Waals surface area (Å²) in [5, 5.41) is 12.6. The highest BCUT2D eigenvalue weighted by atomic mass is 16.6. The molecule has 0 bridgehead atoms. The summed E-state index contributed by atoms with van der Waals surface area (Å²) in [6.07, 6.45) is 2.53. The molecule has 4 heterocycles. The number of carbonyl (C=O) groups excluding carboxylic acids is 3. The number of hydrogen-bond donors (Lipinski definition) is 1. The first-order chi connectivity index (χ1) is 16.5. The van der Waals surface area contributed by atoms with Crippen LogP contribution in [0, 0.1) is 23.2 Å². The molecule has 3 fully saturated rings. The first-order valence-corrected chi connectivity index (χ1v) is 11.4. The van der Waals surface area contributed by atoms with Crippen LogP contribution in [-0.2, 0) is 26.2 Å². The van der Waals surface area contributed by atoms with Gasteiger partial charge in [0.1, 0.15) is 11.5 Å². The van der Waals surface area contributed by atoms with Crippen LogP contribution >= 0.6 is 0 Å². The minimum Gasteiger partial charge on any atom is -0.442 e. The van der Waals surface area contributed by atoms with E-state index in [0.29, 0.717) is 26.1 Å². The molecule has 4 aliphatic rings. The lowest BCUT2D eigenvalue weighted by atomic mass is 9.95. The minimum atomic E-state index is -0.593. The number of anilines is 1. The van der Waals surface area contributed by atoms with Gasteiger partial charge in [-0.1, -0.05) is 12.1 Å². The normalized spacial score (nSPS) is 30.2. The Morgan fingerprint density at radius 1 is 1.29 bits per heavy atom. The van der Waals surface area contributed by atoms with Gasteiger partial charge in [0.2, 0.25) is 12.3 Å². The molecular weight excluding hydrogens is 434 g/mol. The van der Waals surface area contributed by atoms with Gasteiger partial charge >= 0.3 is 6.09 Å². The third kappa shape index (κ3) is 2.84. The first kappa shape index (κ1) is 20.7. The second kappa shape index (κ2) is 7.29. The Balaban J connectivity index is 1.22. The van der Waals surface area contributed by atoms with E-state index in [9.17, 15) is 19.6 Å². The molecule has 34 heavy (non-hydrogen) atoms. The van der Waals surface area contributed by atoms with Crippen molar-refractivity contribution in [2.45, 2.75) is 30.9 Å². The second-order valence-corrected chi connectivity index (χ2v) is 9.53. The third-order valence-corrected chi connectivity index (χ3v) is 7.79.